The van der Waals surface area contributed by atoms with Crippen molar-refractivity contribution < 1.29 is 5.11 Å². The summed E-state index contributed by atoms with van der Waals surface area (Å²) in [4.78, 5) is 0. The molecule has 0 radical (unpaired) electrons. The largest absolute Gasteiger partial charge is 0.393 e. The SMILES string of the molecule is CCCCCCCCCCCC(O)C1CCCC(C)C1. The Hall–Kier alpha value is -0.0400. The van der Waals surface area contributed by atoms with Crippen LogP contribution in [0.4, 0.5) is 0 Å². The molecule has 0 spiro atoms. The zero-order valence-electron chi connectivity index (χ0n) is 14.1. The van der Waals surface area contributed by atoms with Crippen molar-refractivity contribution in [2.24, 2.45) is 11.8 Å². The van der Waals surface area contributed by atoms with E-state index >= 15 is 0 Å². The third kappa shape index (κ3) is 8.29. The highest BCUT2D eigenvalue weighted by Gasteiger charge is 2.24. The van der Waals surface area contributed by atoms with Gasteiger partial charge in [0, 0.05) is 0 Å². The predicted molar refractivity (Wildman–Crippen MR) is 89.0 cm³/mol. The van der Waals surface area contributed by atoms with E-state index < -0.39 is 0 Å². The lowest BCUT2D eigenvalue weighted by Crippen LogP contribution is -2.25. The highest BCUT2D eigenvalue weighted by molar-refractivity contribution is 4.76. The quantitative estimate of drug-likeness (QED) is 0.454. The first-order valence-corrected chi connectivity index (χ1v) is 9.42. The molecule has 0 aromatic carbocycles. The van der Waals surface area contributed by atoms with Gasteiger partial charge in [0.25, 0.3) is 0 Å². The van der Waals surface area contributed by atoms with Crippen molar-refractivity contribution >= 4 is 0 Å². The summed E-state index contributed by atoms with van der Waals surface area (Å²) in [6, 6.07) is 0. The molecule has 1 saturated carbocycles. The average molecular weight is 283 g/mol. The standard InChI is InChI=1S/C19H38O/c1-3-4-5-6-7-8-9-10-11-15-19(20)18-14-12-13-17(2)16-18/h17-20H,3-16H2,1-2H3. The fourth-order valence-electron chi connectivity index (χ4n) is 3.73. The van der Waals surface area contributed by atoms with Crippen LogP contribution in [0, 0.1) is 11.8 Å². The van der Waals surface area contributed by atoms with E-state index in [2.05, 4.69) is 13.8 Å². The minimum atomic E-state index is -0.0118. The van der Waals surface area contributed by atoms with E-state index in [-0.39, 0.29) is 6.10 Å². The lowest BCUT2D eigenvalue weighted by Gasteiger charge is -2.30. The molecule has 1 aliphatic carbocycles. The van der Waals surface area contributed by atoms with E-state index in [1.54, 1.807) is 0 Å². The van der Waals surface area contributed by atoms with Gasteiger partial charge in [0.05, 0.1) is 6.10 Å². The van der Waals surface area contributed by atoms with Crippen molar-refractivity contribution in [2.45, 2.75) is 110 Å². The van der Waals surface area contributed by atoms with Gasteiger partial charge in [-0.25, -0.2) is 0 Å². The van der Waals surface area contributed by atoms with Crippen LogP contribution < -0.4 is 0 Å². The zero-order chi connectivity index (χ0) is 14.6. The molecule has 0 aliphatic heterocycles. The molecule has 1 fully saturated rings. The summed E-state index contributed by atoms with van der Waals surface area (Å²) in [5, 5.41) is 10.3. The topological polar surface area (TPSA) is 20.2 Å². The van der Waals surface area contributed by atoms with Gasteiger partial charge in [0.15, 0.2) is 0 Å². The fourth-order valence-corrected chi connectivity index (χ4v) is 3.73. The van der Waals surface area contributed by atoms with Crippen molar-refractivity contribution in [2.75, 3.05) is 0 Å². The molecule has 0 aromatic heterocycles. The summed E-state index contributed by atoms with van der Waals surface area (Å²) < 4.78 is 0. The van der Waals surface area contributed by atoms with E-state index in [1.165, 1.54) is 83.5 Å². The highest BCUT2D eigenvalue weighted by atomic mass is 16.3. The Kier molecular flexibility index (Phi) is 10.4. The zero-order valence-corrected chi connectivity index (χ0v) is 14.1. The third-order valence-corrected chi connectivity index (χ3v) is 5.12. The molecule has 0 amide bonds. The molecule has 1 aliphatic rings. The monoisotopic (exact) mass is 282 g/mol. The van der Waals surface area contributed by atoms with Crippen LogP contribution in [0.5, 0.6) is 0 Å². The number of rotatable bonds is 11. The first-order valence-electron chi connectivity index (χ1n) is 9.42. The summed E-state index contributed by atoms with van der Waals surface area (Å²) in [7, 11) is 0. The van der Waals surface area contributed by atoms with Crippen molar-refractivity contribution in [3.8, 4) is 0 Å². The predicted octanol–water partition coefficient (Wildman–Crippen LogP) is 6.09. The Labute approximate surface area is 127 Å². The number of hydrogen-bond acceptors (Lipinski definition) is 1. The summed E-state index contributed by atoms with van der Waals surface area (Å²) in [5.74, 6) is 1.44. The molecule has 0 bridgehead atoms. The Bertz CT molecular complexity index is 214. The minimum Gasteiger partial charge on any atom is -0.393 e. The van der Waals surface area contributed by atoms with Crippen LogP contribution in [0.1, 0.15) is 104 Å². The van der Waals surface area contributed by atoms with Gasteiger partial charge in [-0.3, -0.25) is 0 Å². The molecule has 3 unspecified atom stereocenters. The molecule has 120 valence electrons. The van der Waals surface area contributed by atoms with Crippen molar-refractivity contribution in [1.29, 1.82) is 0 Å². The highest BCUT2D eigenvalue weighted by Crippen LogP contribution is 2.32. The summed E-state index contributed by atoms with van der Waals surface area (Å²) in [5.41, 5.74) is 0. The molecule has 1 rings (SSSR count). The third-order valence-electron chi connectivity index (χ3n) is 5.12. The molecule has 1 nitrogen and oxygen atoms in total. The van der Waals surface area contributed by atoms with Crippen LogP contribution in [0.2, 0.25) is 0 Å². The second-order valence-electron chi connectivity index (χ2n) is 7.22. The van der Waals surface area contributed by atoms with E-state index in [0.29, 0.717) is 5.92 Å². The molecule has 0 aromatic rings. The first-order chi connectivity index (χ1) is 9.74. The Morgan fingerprint density at radius 1 is 0.900 bits per heavy atom. The van der Waals surface area contributed by atoms with E-state index in [9.17, 15) is 5.11 Å². The molecule has 3 atom stereocenters. The van der Waals surface area contributed by atoms with Gasteiger partial charge in [0.2, 0.25) is 0 Å². The van der Waals surface area contributed by atoms with Gasteiger partial charge in [-0.15, -0.1) is 0 Å². The maximum atomic E-state index is 10.3. The van der Waals surface area contributed by atoms with Crippen molar-refractivity contribution in [1.82, 2.24) is 0 Å². The Morgan fingerprint density at radius 2 is 1.50 bits per heavy atom. The maximum Gasteiger partial charge on any atom is 0.0568 e. The summed E-state index contributed by atoms with van der Waals surface area (Å²) in [6.45, 7) is 4.62. The maximum absolute atomic E-state index is 10.3. The van der Waals surface area contributed by atoms with E-state index in [0.717, 1.165) is 12.3 Å². The second kappa shape index (κ2) is 11.6. The summed E-state index contributed by atoms with van der Waals surface area (Å²) >= 11 is 0. The van der Waals surface area contributed by atoms with Gasteiger partial charge < -0.3 is 5.11 Å². The first kappa shape index (κ1) is 18.0. The number of hydrogen-bond donors (Lipinski definition) is 1. The van der Waals surface area contributed by atoms with E-state index in [4.69, 9.17) is 0 Å². The van der Waals surface area contributed by atoms with Crippen molar-refractivity contribution in [3.05, 3.63) is 0 Å². The van der Waals surface area contributed by atoms with Gasteiger partial charge in [0.1, 0.15) is 0 Å². The molecule has 0 heterocycles. The van der Waals surface area contributed by atoms with Crippen LogP contribution in [0.15, 0.2) is 0 Å². The number of unbranched alkanes of at least 4 members (excludes halogenated alkanes) is 8. The van der Waals surface area contributed by atoms with Gasteiger partial charge in [-0.1, -0.05) is 84.5 Å². The average Bonchev–Trinajstić information content (AvgIpc) is 2.45. The van der Waals surface area contributed by atoms with E-state index in [1.807, 2.05) is 0 Å². The fraction of sp³-hybridized carbons (Fsp3) is 1.00. The molecule has 20 heavy (non-hydrogen) atoms. The lowest BCUT2D eigenvalue weighted by atomic mass is 9.78. The Morgan fingerprint density at radius 3 is 2.10 bits per heavy atom. The van der Waals surface area contributed by atoms with Crippen LogP contribution in [0.25, 0.3) is 0 Å². The molecular formula is C19H38O. The van der Waals surface area contributed by atoms with Crippen molar-refractivity contribution in [3.63, 3.8) is 0 Å². The molecule has 1 N–H and O–H groups in total. The lowest BCUT2D eigenvalue weighted by molar-refractivity contribution is 0.0627. The van der Waals surface area contributed by atoms with Gasteiger partial charge in [-0.2, -0.15) is 0 Å². The second-order valence-corrected chi connectivity index (χ2v) is 7.22. The van der Waals surface area contributed by atoms with Crippen LogP contribution >= 0.6 is 0 Å². The normalized spacial score (nSPS) is 24.8. The van der Waals surface area contributed by atoms with Crippen LogP contribution in [-0.2, 0) is 0 Å². The summed E-state index contributed by atoms with van der Waals surface area (Å²) in [6.07, 6.45) is 18.6. The van der Waals surface area contributed by atoms with Gasteiger partial charge in [-0.05, 0) is 31.1 Å². The minimum absolute atomic E-state index is 0.0118. The van der Waals surface area contributed by atoms with Crippen LogP contribution in [0.3, 0.4) is 0 Å². The van der Waals surface area contributed by atoms with Crippen LogP contribution in [-0.4, -0.2) is 11.2 Å². The molecule has 1 heteroatoms. The Balaban J connectivity index is 1.90. The van der Waals surface area contributed by atoms with Gasteiger partial charge >= 0.3 is 0 Å². The number of aliphatic hydroxyl groups excluding tert-OH is 1. The molecular weight excluding hydrogens is 244 g/mol. The smallest absolute Gasteiger partial charge is 0.0568 e. The molecule has 0 saturated heterocycles. The number of aliphatic hydroxyl groups is 1.